The molecule has 0 radical (unpaired) electrons. The van der Waals surface area contributed by atoms with Crippen LogP contribution in [0.1, 0.15) is 30.0 Å². The Morgan fingerprint density at radius 1 is 1.07 bits per heavy atom. The minimum Gasteiger partial charge on any atom is -0.340 e. The molecule has 0 fully saturated rings. The van der Waals surface area contributed by atoms with Gasteiger partial charge in [-0.1, -0.05) is 49.4 Å². The summed E-state index contributed by atoms with van der Waals surface area (Å²) in [5.74, 6) is -0.215. The molecule has 0 spiro atoms. The van der Waals surface area contributed by atoms with Gasteiger partial charge in [0.2, 0.25) is 15.9 Å². The Labute approximate surface area is 162 Å². The van der Waals surface area contributed by atoms with E-state index < -0.39 is 16.1 Å². The molecule has 1 atom stereocenters. The Morgan fingerprint density at radius 3 is 2.26 bits per heavy atom. The van der Waals surface area contributed by atoms with Gasteiger partial charge in [-0.25, -0.2) is 8.42 Å². The molecule has 0 aliphatic heterocycles. The van der Waals surface area contributed by atoms with Crippen LogP contribution in [-0.4, -0.2) is 38.6 Å². The number of nitrogens with zero attached hydrogens (tertiary/aromatic N) is 2. The van der Waals surface area contributed by atoms with Gasteiger partial charge in [-0.05, 0) is 43.0 Å². The number of amides is 1. The maximum Gasteiger partial charge on any atom is 0.246 e. The van der Waals surface area contributed by atoms with Crippen LogP contribution in [0.5, 0.6) is 0 Å². The number of hydrogen-bond donors (Lipinski definition) is 0. The third-order valence-corrected chi connectivity index (χ3v) is 5.72. The van der Waals surface area contributed by atoms with E-state index in [0.717, 1.165) is 22.9 Å². The van der Waals surface area contributed by atoms with Gasteiger partial charge < -0.3 is 4.90 Å². The van der Waals surface area contributed by atoms with Crippen molar-refractivity contribution < 1.29 is 13.2 Å². The molecule has 0 heterocycles. The summed E-state index contributed by atoms with van der Waals surface area (Å²) in [5, 5.41) is 0. The summed E-state index contributed by atoms with van der Waals surface area (Å²) in [5.41, 5.74) is 3.33. The predicted octanol–water partition coefficient (Wildman–Crippen LogP) is 3.51. The summed E-state index contributed by atoms with van der Waals surface area (Å²) >= 11 is 0. The highest BCUT2D eigenvalue weighted by Crippen LogP contribution is 2.28. The van der Waals surface area contributed by atoms with Crippen molar-refractivity contribution in [2.24, 2.45) is 0 Å². The van der Waals surface area contributed by atoms with Crippen LogP contribution in [0.25, 0.3) is 0 Å². The number of likely N-dealkylation sites (N-methyl/N-ethyl adjacent to an activating group) is 1. The van der Waals surface area contributed by atoms with Crippen molar-refractivity contribution >= 4 is 21.6 Å². The van der Waals surface area contributed by atoms with Gasteiger partial charge in [0.25, 0.3) is 0 Å². The monoisotopic (exact) mass is 388 g/mol. The number of anilines is 1. The fourth-order valence-corrected chi connectivity index (χ4v) is 4.42. The molecule has 146 valence electrons. The van der Waals surface area contributed by atoms with Gasteiger partial charge in [0.15, 0.2) is 0 Å². The van der Waals surface area contributed by atoms with E-state index in [-0.39, 0.29) is 5.91 Å². The Hall–Kier alpha value is -2.34. The van der Waals surface area contributed by atoms with Crippen LogP contribution in [0.15, 0.2) is 48.5 Å². The molecule has 0 unspecified atom stereocenters. The topological polar surface area (TPSA) is 57.7 Å². The van der Waals surface area contributed by atoms with Gasteiger partial charge in [-0.3, -0.25) is 9.10 Å². The fourth-order valence-electron chi connectivity index (χ4n) is 3.16. The number of benzene rings is 2. The van der Waals surface area contributed by atoms with E-state index in [1.54, 1.807) is 11.9 Å². The van der Waals surface area contributed by atoms with Crippen molar-refractivity contribution in [2.75, 3.05) is 17.6 Å². The molecule has 0 N–H and O–H groups in total. The molecular weight excluding hydrogens is 360 g/mol. The zero-order valence-corrected chi connectivity index (χ0v) is 17.5. The quantitative estimate of drug-likeness (QED) is 0.729. The Balaban J connectivity index is 2.40. The van der Waals surface area contributed by atoms with Crippen molar-refractivity contribution in [3.63, 3.8) is 0 Å². The first-order valence-corrected chi connectivity index (χ1v) is 10.9. The normalized spacial score (nSPS) is 12.5. The molecule has 0 aromatic heterocycles. The van der Waals surface area contributed by atoms with Gasteiger partial charge in [0.1, 0.15) is 6.04 Å². The van der Waals surface area contributed by atoms with E-state index in [4.69, 9.17) is 0 Å². The van der Waals surface area contributed by atoms with Gasteiger partial charge in [0, 0.05) is 13.6 Å². The predicted molar refractivity (Wildman–Crippen MR) is 110 cm³/mol. The van der Waals surface area contributed by atoms with Crippen molar-refractivity contribution in [1.29, 1.82) is 0 Å². The Bertz CT molecular complexity index is 895. The van der Waals surface area contributed by atoms with E-state index in [1.165, 1.54) is 4.31 Å². The average Bonchev–Trinajstić information content (AvgIpc) is 2.61. The summed E-state index contributed by atoms with van der Waals surface area (Å²) in [7, 11) is -1.92. The summed E-state index contributed by atoms with van der Waals surface area (Å²) < 4.78 is 26.5. The summed E-state index contributed by atoms with van der Waals surface area (Å²) in [4.78, 5) is 14.7. The van der Waals surface area contributed by atoms with Crippen LogP contribution in [0.3, 0.4) is 0 Å². The van der Waals surface area contributed by atoms with Crippen LogP contribution < -0.4 is 4.31 Å². The molecule has 2 aromatic rings. The van der Waals surface area contributed by atoms with E-state index in [9.17, 15) is 13.2 Å². The first-order chi connectivity index (χ1) is 12.6. The molecule has 27 heavy (non-hydrogen) atoms. The zero-order valence-electron chi connectivity index (χ0n) is 16.6. The van der Waals surface area contributed by atoms with Crippen LogP contribution in [-0.2, 0) is 21.4 Å². The molecule has 0 saturated heterocycles. The molecular formula is C21H28N2O3S. The maximum atomic E-state index is 13.2. The van der Waals surface area contributed by atoms with Crippen molar-refractivity contribution in [3.05, 3.63) is 65.2 Å². The fraction of sp³-hybridized carbons (Fsp3) is 0.381. The summed E-state index contributed by atoms with van der Waals surface area (Å²) in [6.45, 7) is 6.04. The van der Waals surface area contributed by atoms with Gasteiger partial charge in [0.05, 0.1) is 11.9 Å². The zero-order chi connectivity index (χ0) is 20.2. The second kappa shape index (κ2) is 8.57. The minimum absolute atomic E-state index is 0.215. The van der Waals surface area contributed by atoms with E-state index in [1.807, 2.05) is 69.3 Å². The SMILES string of the molecule is CC[C@H](C(=O)N(C)Cc1ccccc1)N(c1cc(C)ccc1C)S(C)(=O)=O. The molecule has 2 aromatic carbocycles. The van der Waals surface area contributed by atoms with Gasteiger partial charge >= 0.3 is 0 Å². The second-order valence-electron chi connectivity index (χ2n) is 6.95. The van der Waals surface area contributed by atoms with E-state index >= 15 is 0 Å². The van der Waals surface area contributed by atoms with Crippen LogP contribution >= 0.6 is 0 Å². The van der Waals surface area contributed by atoms with Crippen LogP contribution in [0.2, 0.25) is 0 Å². The standard InChI is InChI=1S/C21H28N2O3S/c1-6-19(21(24)22(4)15-18-10-8-7-9-11-18)23(27(5,25)26)20-14-16(2)12-13-17(20)3/h7-14,19H,6,15H2,1-5H3/t19-/m1/s1. The maximum absolute atomic E-state index is 13.2. The molecule has 5 nitrogen and oxygen atoms in total. The van der Waals surface area contributed by atoms with Gasteiger partial charge in [-0.15, -0.1) is 0 Å². The van der Waals surface area contributed by atoms with Crippen LogP contribution in [0.4, 0.5) is 5.69 Å². The minimum atomic E-state index is -3.63. The molecule has 0 aliphatic rings. The third kappa shape index (κ3) is 5.10. The Morgan fingerprint density at radius 2 is 1.70 bits per heavy atom. The smallest absolute Gasteiger partial charge is 0.246 e. The third-order valence-electron chi connectivity index (χ3n) is 4.55. The lowest BCUT2D eigenvalue weighted by molar-refractivity contribution is -0.131. The lowest BCUT2D eigenvalue weighted by Gasteiger charge is -2.34. The number of aryl methyl sites for hydroxylation is 2. The molecule has 0 bridgehead atoms. The number of sulfonamides is 1. The molecule has 0 aliphatic carbocycles. The van der Waals surface area contributed by atoms with Crippen molar-refractivity contribution in [3.8, 4) is 0 Å². The van der Waals surface area contributed by atoms with Gasteiger partial charge in [-0.2, -0.15) is 0 Å². The first kappa shape index (κ1) is 21.0. The average molecular weight is 389 g/mol. The van der Waals surface area contributed by atoms with Crippen molar-refractivity contribution in [1.82, 2.24) is 4.90 Å². The molecule has 0 saturated carbocycles. The van der Waals surface area contributed by atoms with E-state index in [2.05, 4.69) is 0 Å². The molecule has 2 rings (SSSR count). The lowest BCUT2D eigenvalue weighted by atomic mass is 10.1. The number of hydrogen-bond acceptors (Lipinski definition) is 3. The largest absolute Gasteiger partial charge is 0.340 e. The highest BCUT2D eigenvalue weighted by atomic mass is 32.2. The second-order valence-corrected chi connectivity index (χ2v) is 8.81. The summed E-state index contributed by atoms with van der Waals surface area (Å²) in [6.07, 6.45) is 1.54. The van der Waals surface area contributed by atoms with Crippen molar-refractivity contribution in [2.45, 2.75) is 39.8 Å². The molecule has 6 heteroatoms. The number of carbonyl (C=O) groups excluding carboxylic acids is 1. The Kier molecular flexibility index (Phi) is 6.65. The number of rotatable bonds is 7. The molecule has 1 amide bonds. The highest BCUT2D eigenvalue weighted by molar-refractivity contribution is 7.92. The summed E-state index contributed by atoms with van der Waals surface area (Å²) in [6, 6.07) is 14.5. The highest BCUT2D eigenvalue weighted by Gasteiger charge is 2.34. The lowest BCUT2D eigenvalue weighted by Crippen LogP contribution is -2.49. The van der Waals surface area contributed by atoms with E-state index in [0.29, 0.717) is 18.7 Å². The van der Waals surface area contributed by atoms with Crippen LogP contribution in [0, 0.1) is 13.8 Å². The number of carbonyl (C=O) groups is 1. The first-order valence-electron chi connectivity index (χ1n) is 9.00.